The van der Waals surface area contributed by atoms with Gasteiger partial charge in [-0.3, -0.25) is 10.1 Å². The van der Waals surface area contributed by atoms with Gasteiger partial charge in [0.25, 0.3) is 12.1 Å². The van der Waals surface area contributed by atoms with Crippen molar-refractivity contribution in [3.8, 4) is 0 Å². The second-order valence-corrected chi connectivity index (χ2v) is 3.53. The van der Waals surface area contributed by atoms with Crippen LogP contribution in [-0.2, 0) is 6.18 Å². The minimum atomic E-state index is -5.13. The molecule has 0 atom stereocenters. The molecular formula is C7H2BrF5N2O2. The smallest absolute Gasteiger partial charge is 0.258 e. The standard InChI is InChI=1S/C7H2BrF5N2O2/c8-5-3(6(9)10)4(15(16)17)2(1-14-5)7(11,12)13/h1,6H. The van der Waals surface area contributed by atoms with Crippen molar-refractivity contribution in [1.29, 1.82) is 0 Å². The molecule has 1 rings (SSSR count). The number of aromatic nitrogens is 1. The molecule has 0 unspecified atom stereocenters. The van der Waals surface area contributed by atoms with E-state index in [1.807, 2.05) is 0 Å². The number of pyridine rings is 1. The molecule has 0 aliphatic heterocycles. The first-order valence-electron chi connectivity index (χ1n) is 3.84. The van der Waals surface area contributed by atoms with Crippen LogP contribution in [0, 0.1) is 10.1 Å². The van der Waals surface area contributed by atoms with Crippen LogP contribution >= 0.6 is 15.9 Å². The van der Waals surface area contributed by atoms with Crippen molar-refractivity contribution in [2.75, 3.05) is 0 Å². The second-order valence-electron chi connectivity index (χ2n) is 2.78. The maximum absolute atomic E-state index is 12.5. The van der Waals surface area contributed by atoms with E-state index in [1.165, 1.54) is 0 Å². The van der Waals surface area contributed by atoms with Gasteiger partial charge in [0.2, 0.25) is 0 Å². The van der Waals surface area contributed by atoms with Crippen molar-refractivity contribution in [1.82, 2.24) is 4.98 Å². The monoisotopic (exact) mass is 320 g/mol. The van der Waals surface area contributed by atoms with Gasteiger partial charge in [0.1, 0.15) is 10.2 Å². The lowest BCUT2D eigenvalue weighted by molar-refractivity contribution is -0.389. The largest absolute Gasteiger partial charge is 0.424 e. The Hall–Kier alpha value is -1.32. The van der Waals surface area contributed by atoms with E-state index in [0.717, 1.165) is 0 Å². The molecule has 1 aromatic rings. The van der Waals surface area contributed by atoms with Crippen LogP contribution in [0.2, 0.25) is 0 Å². The molecule has 0 bridgehead atoms. The summed E-state index contributed by atoms with van der Waals surface area (Å²) in [5, 5.41) is 10.5. The SMILES string of the molecule is O=[N+]([O-])c1c(C(F)(F)F)cnc(Br)c1C(F)F. The van der Waals surface area contributed by atoms with Gasteiger partial charge in [0.05, 0.1) is 4.92 Å². The van der Waals surface area contributed by atoms with Crippen LogP contribution in [0.4, 0.5) is 27.6 Å². The molecule has 0 saturated heterocycles. The fourth-order valence-corrected chi connectivity index (χ4v) is 1.56. The normalized spacial score (nSPS) is 11.9. The van der Waals surface area contributed by atoms with Crippen LogP contribution in [0.1, 0.15) is 17.6 Å². The van der Waals surface area contributed by atoms with Gasteiger partial charge in [0.15, 0.2) is 5.56 Å². The molecule has 10 heteroatoms. The zero-order valence-corrected chi connectivity index (χ0v) is 9.22. The molecule has 94 valence electrons. The van der Waals surface area contributed by atoms with Gasteiger partial charge in [-0.2, -0.15) is 13.2 Å². The topological polar surface area (TPSA) is 56.0 Å². The van der Waals surface area contributed by atoms with Gasteiger partial charge in [-0.25, -0.2) is 13.8 Å². The Labute approximate surface area is 98.7 Å². The van der Waals surface area contributed by atoms with Crippen molar-refractivity contribution >= 4 is 21.6 Å². The fourth-order valence-electron chi connectivity index (χ4n) is 1.09. The quantitative estimate of drug-likeness (QED) is 0.361. The highest BCUT2D eigenvalue weighted by atomic mass is 79.9. The van der Waals surface area contributed by atoms with E-state index in [0.29, 0.717) is 0 Å². The van der Waals surface area contributed by atoms with E-state index in [9.17, 15) is 32.1 Å². The molecule has 0 N–H and O–H groups in total. The van der Waals surface area contributed by atoms with Gasteiger partial charge in [-0.05, 0) is 15.9 Å². The van der Waals surface area contributed by atoms with Gasteiger partial charge in [-0.15, -0.1) is 0 Å². The van der Waals surface area contributed by atoms with Crippen LogP contribution in [0.5, 0.6) is 0 Å². The van der Waals surface area contributed by atoms with Crippen LogP contribution in [0.3, 0.4) is 0 Å². The highest BCUT2D eigenvalue weighted by molar-refractivity contribution is 9.10. The summed E-state index contributed by atoms with van der Waals surface area (Å²) in [5.41, 5.74) is -4.87. The first kappa shape index (κ1) is 13.7. The minimum absolute atomic E-state index is 0.133. The van der Waals surface area contributed by atoms with Crippen LogP contribution < -0.4 is 0 Å². The van der Waals surface area contributed by atoms with Gasteiger partial charge >= 0.3 is 6.18 Å². The highest BCUT2D eigenvalue weighted by Crippen LogP contribution is 2.42. The van der Waals surface area contributed by atoms with E-state index in [4.69, 9.17) is 0 Å². The van der Waals surface area contributed by atoms with Gasteiger partial charge in [0, 0.05) is 6.20 Å². The molecular weight excluding hydrogens is 319 g/mol. The predicted molar refractivity (Wildman–Crippen MR) is 48.6 cm³/mol. The van der Waals surface area contributed by atoms with Crippen molar-refractivity contribution in [2.45, 2.75) is 12.6 Å². The first-order valence-corrected chi connectivity index (χ1v) is 4.63. The molecule has 0 spiro atoms. The average Bonchev–Trinajstić information content (AvgIpc) is 2.14. The highest BCUT2D eigenvalue weighted by Gasteiger charge is 2.42. The van der Waals surface area contributed by atoms with Crippen LogP contribution in [0.15, 0.2) is 10.8 Å². The molecule has 1 aromatic heterocycles. The molecule has 0 saturated carbocycles. The zero-order valence-electron chi connectivity index (χ0n) is 7.63. The third-order valence-corrected chi connectivity index (χ3v) is 2.38. The Balaban J connectivity index is 3.66. The number of hydrogen-bond donors (Lipinski definition) is 0. The lowest BCUT2D eigenvalue weighted by Gasteiger charge is -2.10. The lowest BCUT2D eigenvalue weighted by Crippen LogP contribution is -2.12. The van der Waals surface area contributed by atoms with Crippen molar-refractivity contribution in [3.63, 3.8) is 0 Å². The summed E-state index contributed by atoms with van der Waals surface area (Å²) in [6.07, 6.45) is -8.44. The predicted octanol–water partition coefficient (Wildman–Crippen LogP) is 3.71. The van der Waals surface area contributed by atoms with Crippen LogP contribution in [0.25, 0.3) is 0 Å². The summed E-state index contributed by atoms with van der Waals surface area (Å²) in [6, 6.07) is 0. The van der Waals surface area contributed by atoms with Gasteiger partial charge in [-0.1, -0.05) is 0 Å². The summed E-state index contributed by atoms with van der Waals surface area (Å²) < 4.78 is 61.4. The molecule has 0 aliphatic carbocycles. The minimum Gasteiger partial charge on any atom is -0.258 e. The summed E-state index contributed by atoms with van der Waals surface area (Å²) in [7, 11) is 0. The molecule has 0 fully saturated rings. The molecule has 0 aliphatic rings. The summed E-state index contributed by atoms with van der Waals surface area (Å²) in [5.74, 6) is 0. The molecule has 1 heterocycles. The van der Waals surface area contributed by atoms with Crippen LogP contribution in [-0.4, -0.2) is 9.91 Å². The van der Waals surface area contributed by atoms with E-state index in [2.05, 4.69) is 20.9 Å². The molecule has 17 heavy (non-hydrogen) atoms. The Bertz CT molecular complexity index is 462. The number of hydrogen-bond acceptors (Lipinski definition) is 3. The van der Waals surface area contributed by atoms with E-state index in [1.54, 1.807) is 0 Å². The Morgan fingerprint density at radius 3 is 2.29 bits per heavy atom. The van der Waals surface area contributed by atoms with E-state index in [-0.39, 0.29) is 6.20 Å². The van der Waals surface area contributed by atoms with Gasteiger partial charge < -0.3 is 0 Å². The maximum Gasteiger partial charge on any atom is 0.424 e. The third kappa shape index (κ3) is 2.68. The first-order chi connectivity index (χ1) is 7.66. The zero-order chi connectivity index (χ0) is 13.4. The Morgan fingerprint density at radius 2 is 1.94 bits per heavy atom. The Kier molecular flexibility index (Phi) is 3.65. The molecule has 0 radical (unpaired) electrons. The summed E-state index contributed by atoms with van der Waals surface area (Å²) in [4.78, 5) is 12.0. The maximum atomic E-state index is 12.5. The molecule has 4 nitrogen and oxygen atoms in total. The number of nitrogens with zero attached hydrogens (tertiary/aromatic N) is 2. The third-order valence-electron chi connectivity index (χ3n) is 1.75. The van der Waals surface area contributed by atoms with Crippen molar-refractivity contribution < 1.29 is 26.9 Å². The second kappa shape index (κ2) is 4.51. The van der Waals surface area contributed by atoms with Crippen molar-refractivity contribution in [3.05, 3.63) is 32.0 Å². The number of nitro groups is 1. The number of rotatable bonds is 2. The Morgan fingerprint density at radius 1 is 1.41 bits per heavy atom. The molecule has 0 amide bonds. The van der Waals surface area contributed by atoms with E-state index >= 15 is 0 Å². The number of alkyl halides is 5. The fraction of sp³-hybridized carbons (Fsp3) is 0.286. The number of halogens is 6. The lowest BCUT2D eigenvalue weighted by atomic mass is 10.1. The average molecular weight is 321 g/mol. The summed E-state index contributed by atoms with van der Waals surface area (Å²) in [6.45, 7) is 0. The molecule has 0 aromatic carbocycles. The van der Waals surface area contributed by atoms with Crippen molar-refractivity contribution in [2.24, 2.45) is 0 Å². The van der Waals surface area contributed by atoms with E-state index < -0.39 is 38.9 Å². The summed E-state index contributed by atoms with van der Waals surface area (Å²) >= 11 is 2.45.